The molecule has 1 rings (SSSR count). The molecule has 0 aromatic heterocycles. The van der Waals surface area contributed by atoms with E-state index >= 15 is 0 Å². The second-order valence-corrected chi connectivity index (χ2v) is 12.8. The Labute approximate surface area is 142 Å². The summed E-state index contributed by atoms with van der Waals surface area (Å²) in [6.07, 6.45) is 10.2. The molecular formula is C16H32O5SSi. The number of rotatable bonds is 5. The van der Waals surface area contributed by atoms with Gasteiger partial charge in [-0.2, -0.15) is 8.42 Å². The first-order valence-corrected chi connectivity index (χ1v) is 13.1. The van der Waals surface area contributed by atoms with Crippen molar-refractivity contribution in [1.29, 1.82) is 0 Å². The van der Waals surface area contributed by atoms with Crippen LogP contribution in [0.2, 0.25) is 19.6 Å². The highest BCUT2D eigenvalue weighted by molar-refractivity contribution is 7.85. The second-order valence-electron chi connectivity index (χ2n) is 6.11. The summed E-state index contributed by atoms with van der Waals surface area (Å²) in [5.74, 6) is 0. The maximum Gasteiger partial charge on any atom is 0.264 e. The van der Waals surface area contributed by atoms with Crippen LogP contribution in [0.15, 0.2) is 23.9 Å². The van der Waals surface area contributed by atoms with Crippen LogP contribution in [0.3, 0.4) is 0 Å². The molecule has 0 spiro atoms. The molecule has 0 radical (unpaired) electrons. The predicted molar refractivity (Wildman–Crippen MR) is 98.8 cm³/mol. The van der Waals surface area contributed by atoms with Gasteiger partial charge in [-0.15, -0.1) is 0 Å². The molecule has 0 saturated carbocycles. The van der Waals surface area contributed by atoms with Gasteiger partial charge in [0.25, 0.3) is 10.1 Å². The van der Waals surface area contributed by atoms with Gasteiger partial charge in [-0.3, -0.25) is 4.18 Å². The molecule has 0 fully saturated rings. The Morgan fingerprint density at radius 1 is 1.35 bits per heavy atom. The Morgan fingerprint density at radius 2 is 1.91 bits per heavy atom. The number of ether oxygens (including phenoxy) is 1. The van der Waals surface area contributed by atoms with E-state index < -0.39 is 18.2 Å². The minimum Gasteiger partial charge on any atom is -0.374 e. The lowest BCUT2D eigenvalue weighted by atomic mass is 10.3. The van der Waals surface area contributed by atoms with E-state index in [0.717, 1.165) is 25.6 Å². The van der Waals surface area contributed by atoms with Crippen LogP contribution in [0.25, 0.3) is 0 Å². The molecule has 1 aliphatic heterocycles. The lowest BCUT2D eigenvalue weighted by Gasteiger charge is -2.10. The fraction of sp³-hybridized carbons (Fsp3) is 0.688. The first-order chi connectivity index (χ1) is 10.5. The summed E-state index contributed by atoms with van der Waals surface area (Å²) in [5, 5.41) is 0. The standard InChI is InChI=1S/C8H18O3SSi.C6H10O.C2H4O/c1-12(9,10)11-7-5-6-8-13(2,3)4;1-6-4-2-3-5-7-6;1-2-3/h6,8H,5,7H2,1-4H3;2,4,6H,3,5H2,1H3;2H,1H3. The van der Waals surface area contributed by atoms with Gasteiger partial charge in [-0.1, -0.05) is 43.6 Å². The van der Waals surface area contributed by atoms with Crippen LogP contribution in [0.1, 0.15) is 26.7 Å². The smallest absolute Gasteiger partial charge is 0.264 e. The average Bonchev–Trinajstić information content (AvgIpc) is 2.38. The average molecular weight is 365 g/mol. The molecule has 0 aromatic rings. The highest BCUT2D eigenvalue weighted by Crippen LogP contribution is 2.03. The Balaban J connectivity index is 0. The van der Waals surface area contributed by atoms with E-state index in [1.807, 2.05) is 6.08 Å². The molecule has 1 heterocycles. The first-order valence-electron chi connectivity index (χ1n) is 7.72. The third kappa shape index (κ3) is 26.5. The minimum absolute atomic E-state index is 0.250. The monoisotopic (exact) mass is 364 g/mol. The quantitative estimate of drug-likeness (QED) is 0.246. The zero-order valence-electron chi connectivity index (χ0n) is 15.2. The summed E-state index contributed by atoms with van der Waals surface area (Å²) >= 11 is 0. The van der Waals surface area contributed by atoms with Crippen LogP contribution in [0.4, 0.5) is 0 Å². The number of aldehydes is 1. The largest absolute Gasteiger partial charge is 0.374 e. The van der Waals surface area contributed by atoms with E-state index in [2.05, 4.69) is 48.6 Å². The highest BCUT2D eigenvalue weighted by atomic mass is 32.2. The summed E-state index contributed by atoms with van der Waals surface area (Å²) in [6.45, 7) is 11.3. The van der Waals surface area contributed by atoms with E-state index in [-0.39, 0.29) is 6.61 Å². The van der Waals surface area contributed by atoms with Crippen molar-refractivity contribution in [2.45, 2.75) is 52.4 Å². The molecule has 7 heteroatoms. The maximum absolute atomic E-state index is 10.6. The van der Waals surface area contributed by atoms with Crippen LogP contribution >= 0.6 is 0 Å². The molecule has 0 aliphatic carbocycles. The predicted octanol–water partition coefficient (Wildman–Crippen LogP) is 3.34. The van der Waals surface area contributed by atoms with Crippen molar-refractivity contribution in [1.82, 2.24) is 0 Å². The summed E-state index contributed by atoms with van der Waals surface area (Å²) in [5.41, 5.74) is 2.18. The molecule has 0 bridgehead atoms. The Kier molecular flexibility index (Phi) is 14.5. The maximum atomic E-state index is 10.6. The number of hydrogen-bond donors (Lipinski definition) is 0. The van der Waals surface area contributed by atoms with E-state index in [4.69, 9.17) is 9.53 Å². The molecule has 136 valence electrons. The van der Waals surface area contributed by atoms with Crippen molar-refractivity contribution in [2.24, 2.45) is 0 Å². The molecule has 1 unspecified atom stereocenters. The van der Waals surface area contributed by atoms with E-state index in [9.17, 15) is 8.42 Å². The fourth-order valence-electron chi connectivity index (χ4n) is 1.37. The van der Waals surface area contributed by atoms with Gasteiger partial charge in [0.15, 0.2) is 0 Å². The van der Waals surface area contributed by atoms with Crippen molar-refractivity contribution in [3.63, 3.8) is 0 Å². The normalized spacial score (nSPS) is 17.7. The molecular weight excluding hydrogens is 332 g/mol. The highest BCUT2D eigenvalue weighted by Gasteiger charge is 2.06. The van der Waals surface area contributed by atoms with Crippen LogP contribution in [0.5, 0.6) is 0 Å². The van der Waals surface area contributed by atoms with E-state index in [0.29, 0.717) is 12.5 Å². The molecule has 23 heavy (non-hydrogen) atoms. The van der Waals surface area contributed by atoms with Gasteiger partial charge in [-0.05, 0) is 26.7 Å². The van der Waals surface area contributed by atoms with Crippen LogP contribution in [-0.4, -0.2) is 48.4 Å². The molecule has 5 nitrogen and oxygen atoms in total. The molecule has 1 aliphatic rings. The zero-order valence-corrected chi connectivity index (χ0v) is 17.1. The zero-order chi connectivity index (χ0) is 18.4. The fourth-order valence-corrected chi connectivity index (χ4v) is 2.64. The van der Waals surface area contributed by atoms with Gasteiger partial charge >= 0.3 is 0 Å². The molecule has 0 N–H and O–H groups in total. The van der Waals surface area contributed by atoms with E-state index in [1.54, 1.807) is 0 Å². The first kappa shape index (κ1) is 24.5. The van der Waals surface area contributed by atoms with Crippen molar-refractivity contribution in [2.75, 3.05) is 19.5 Å². The summed E-state index contributed by atoms with van der Waals surface area (Å²) < 4.78 is 30.9. The molecule has 1 atom stereocenters. The van der Waals surface area contributed by atoms with Gasteiger partial charge in [0.2, 0.25) is 0 Å². The van der Waals surface area contributed by atoms with Gasteiger partial charge < -0.3 is 9.53 Å². The molecule has 0 saturated heterocycles. The molecule has 0 aromatic carbocycles. The topological polar surface area (TPSA) is 69.7 Å². The van der Waals surface area contributed by atoms with E-state index in [1.165, 1.54) is 6.92 Å². The van der Waals surface area contributed by atoms with Crippen molar-refractivity contribution in [3.8, 4) is 0 Å². The SMILES string of the molecule is CC1C=CCCO1.CC=O.C[Si](C)(C)C=CCCOS(C)(=O)=O. The molecule has 0 amide bonds. The number of carbonyl (C=O) groups excluding carboxylic acids is 1. The van der Waals surface area contributed by atoms with Gasteiger partial charge in [0, 0.05) is 0 Å². The van der Waals surface area contributed by atoms with Gasteiger partial charge in [0.1, 0.15) is 6.29 Å². The minimum atomic E-state index is -3.26. The lowest BCUT2D eigenvalue weighted by molar-refractivity contribution is -0.106. The Morgan fingerprint density at radius 3 is 2.22 bits per heavy atom. The van der Waals surface area contributed by atoms with Crippen LogP contribution in [0, 0.1) is 0 Å². The Hall–Kier alpha value is -0.763. The number of carbonyl (C=O) groups is 1. The summed E-state index contributed by atoms with van der Waals surface area (Å²) in [7, 11) is -4.40. The second kappa shape index (κ2) is 13.7. The lowest BCUT2D eigenvalue weighted by Crippen LogP contribution is -2.15. The summed E-state index contributed by atoms with van der Waals surface area (Å²) in [6, 6.07) is 0. The van der Waals surface area contributed by atoms with Crippen LogP contribution in [-0.2, 0) is 23.8 Å². The van der Waals surface area contributed by atoms with Crippen molar-refractivity contribution >= 4 is 24.5 Å². The van der Waals surface area contributed by atoms with Crippen molar-refractivity contribution in [3.05, 3.63) is 23.9 Å². The third-order valence-corrected chi connectivity index (χ3v) is 4.10. The van der Waals surface area contributed by atoms with Crippen molar-refractivity contribution < 1.29 is 22.1 Å². The van der Waals surface area contributed by atoms with Gasteiger partial charge in [0.05, 0.1) is 33.6 Å². The number of hydrogen-bond acceptors (Lipinski definition) is 5. The third-order valence-electron chi connectivity index (χ3n) is 2.27. The summed E-state index contributed by atoms with van der Waals surface area (Å²) in [4.78, 5) is 8.81. The van der Waals surface area contributed by atoms with Gasteiger partial charge in [-0.25, -0.2) is 0 Å². The Bertz CT molecular complexity index is 450. The van der Waals surface area contributed by atoms with Crippen LogP contribution < -0.4 is 0 Å².